The van der Waals surface area contributed by atoms with Gasteiger partial charge in [-0.15, -0.1) is 0 Å². The van der Waals surface area contributed by atoms with Crippen molar-refractivity contribution in [3.05, 3.63) is 81.8 Å². The minimum absolute atomic E-state index is 0.124. The zero-order valence-electron chi connectivity index (χ0n) is 20.7. The van der Waals surface area contributed by atoms with Gasteiger partial charge in [-0.1, -0.05) is 59.2 Å². The van der Waals surface area contributed by atoms with Gasteiger partial charge in [-0.25, -0.2) is 4.79 Å². The number of aryl methyl sites for hydroxylation is 1. The van der Waals surface area contributed by atoms with Crippen LogP contribution in [-0.4, -0.2) is 15.7 Å². The number of unbranched alkanes of at least 4 members (excludes halogenated alkanes) is 1. The molecule has 0 spiro atoms. The number of pyridine rings is 1. The number of rotatable bonds is 8. The number of hydrogen-bond donors (Lipinski definition) is 3. The van der Waals surface area contributed by atoms with E-state index in [2.05, 4.69) is 45.3 Å². The molecule has 3 N–H and O–H groups in total. The van der Waals surface area contributed by atoms with Crippen LogP contribution in [0.2, 0.25) is 0 Å². The normalized spacial score (nSPS) is 11.1. The van der Waals surface area contributed by atoms with Crippen molar-refractivity contribution in [2.45, 2.75) is 65.7 Å². The van der Waals surface area contributed by atoms with Crippen molar-refractivity contribution in [1.29, 1.82) is 0 Å². The Morgan fingerprint density at radius 2 is 1.50 bits per heavy atom. The maximum absolute atomic E-state index is 13.4. The van der Waals surface area contributed by atoms with Crippen LogP contribution in [0.3, 0.4) is 0 Å². The highest BCUT2D eigenvalue weighted by molar-refractivity contribution is 6.01. The smallest absolute Gasteiger partial charge is 0.323 e. The fourth-order valence-electron chi connectivity index (χ4n) is 4.05. The Bertz CT molecular complexity index is 1170. The molecule has 0 aliphatic heterocycles. The summed E-state index contributed by atoms with van der Waals surface area (Å²) in [5.74, 6) is 0.592. The summed E-state index contributed by atoms with van der Waals surface area (Å²) in [4.78, 5) is 26.6. The molecule has 0 saturated carbocycles. The number of para-hydroxylation sites is 1. The minimum Gasteiger partial charge on any atom is -0.508 e. The van der Waals surface area contributed by atoms with Gasteiger partial charge >= 0.3 is 6.03 Å². The minimum atomic E-state index is -0.437. The zero-order valence-corrected chi connectivity index (χ0v) is 20.7. The Balaban J connectivity index is 2.00. The molecule has 34 heavy (non-hydrogen) atoms. The van der Waals surface area contributed by atoms with Crippen molar-refractivity contribution in [3.63, 3.8) is 0 Å². The van der Waals surface area contributed by atoms with Crippen molar-refractivity contribution >= 4 is 17.4 Å². The van der Waals surface area contributed by atoms with E-state index in [0.29, 0.717) is 12.1 Å². The van der Waals surface area contributed by atoms with Crippen LogP contribution in [0.15, 0.2) is 59.5 Å². The molecule has 0 aliphatic rings. The first kappa shape index (κ1) is 25.1. The summed E-state index contributed by atoms with van der Waals surface area (Å²) in [5.41, 5.74) is 4.29. The molecule has 1 heterocycles. The Morgan fingerprint density at radius 1 is 0.912 bits per heavy atom. The number of hydrogen-bond acceptors (Lipinski definition) is 3. The van der Waals surface area contributed by atoms with Gasteiger partial charge in [0.1, 0.15) is 11.4 Å². The molecule has 6 nitrogen and oxygen atoms in total. The lowest BCUT2D eigenvalue weighted by molar-refractivity contribution is 0.262. The fourth-order valence-corrected chi connectivity index (χ4v) is 4.05. The second-order valence-electron chi connectivity index (χ2n) is 9.21. The molecule has 0 aliphatic carbocycles. The van der Waals surface area contributed by atoms with E-state index in [-0.39, 0.29) is 28.8 Å². The number of aromatic hydroxyl groups is 1. The van der Waals surface area contributed by atoms with Crippen molar-refractivity contribution in [3.8, 4) is 11.4 Å². The summed E-state index contributed by atoms with van der Waals surface area (Å²) in [5, 5.41) is 15.5. The third-order valence-corrected chi connectivity index (χ3v) is 5.96. The second-order valence-corrected chi connectivity index (χ2v) is 9.21. The van der Waals surface area contributed by atoms with E-state index in [9.17, 15) is 14.7 Å². The van der Waals surface area contributed by atoms with Crippen LogP contribution >= 0.6 is 0 Å². The molecule has 3 aromatic rings. The highest BCUT2D eigenvalue weighted by atomic mass is 16.3. The molecule has 3 rings (SSSR count). The van der Waals surface area contributed by atoms with E-state index in [1.54, 1.807) is 18.3 Å². The molecular formula is C28H35N3O3. The number of nitrogens with one attached hydrogen (secondary N) is 2. The predicted octanol–water partition coefficient (Wildman–Crippen LogP) is 6.78. The zero-order chi connectivity index (χ0) is 24.8. The van der Waals surface area contributed by atoms with Crippen LogP contribution in [-0.2, 0) is 6.42 Å². The molecule has 0 atom stereocenters. The summed E-state index contributed by atoms with van der Waals surface area (Å²) >= 11 is 0. The molecule has 0 bridgehead atoms. The largest absolute Gasteiger partial charge is 0.508 e. The SMILES string of the molecule is CCCCc1ccn(-c2ccc(O)cc2)c(=O)c1NC(=O)Nc1c(C(C)C)cccc1C(C)C. The number of aromatic nitrogens is 1. The van der Waals surface area contributed by atoms with E-state index < -0.39 is 6.03 Å². The van der Waals surface area contributed by atoms with Gasteiger partial charge in [-0.2, -0.15) is 0 Å². The monoisotopic (exact) mass is 461 g/mol. The Kier molecular flexibility index (Phi) is 8.16. The number of benzene rings is 2. The Labute approximate surface area is 201 Å². The predicted molar refractivity (Wildman–Crippen MR) is 140 cm³/mol. The first-order chi connectivity index (χ1) is 16.2. The number of phenols is 1. The lowest BCUT2D eigenvalue weighted by Gasteiger charge is -2.21. The third-order valence-electron chi connectivity index (χ3n) is 5.96. The maximum Gasteiger partial charge on any atom is 0.323 e. The first-order valence-electron chi connectivity index (χ1n) is 12.0. The van der Waals surface area contributed by atoms with Gasteiger partial charge < -0.3 is 15.7 Å². The number of carbonyl (C=O) groups is 1. The van der Waals surface area contributed by atoms with E-state index >= 15 is 0 Å². The summed E-state index contributed by atoms with van der Waals surface area (Å²) < 4.78 is 1.48. The molecule has 2 aromatic carbocycles. The summed E-state index contributed by atoms with van der Waals surface area (Å²) in [7, 11) is 0. The summed E-state index contributed by atoms with van der Waals surface area (Å²) in [6.07, 6.45) is 4.30. The van der Waals surface area contributed by atoms with E-state index in [0.717, 1.165) is 35.2 Å². The van der Waals surface area contributed by atoms with Crippen LogP contribution < -0.4 is 16.2 Å². The average Bonchev–Trinajstić information content (AvgIpc) is 2.80. The lowest BCUT2D eigenvalue weighted by Crippen LogP contribution is -2.29. The van der Waals surface area contributed by atoms with Gasteiger partial charge in [-0.3, -0.25) is 9.36 Å². The van der Waals surface area contributed by atoms with Crippen LogP contribution in [0.25, 0.3) is 5.69 Å². The highest BCUT2D eigenvalue weighted by Crippen LogP contribution is 2.32. The quantitative estimate of drug-likeness (QED) is 0.346. The van der Waals surface area contributed by atoms with Gasteiger partial charge in [0.25, 0.3) is 5.56 Å². The third kappa shape index (κ3) is 5.68. The second kappa shape index (κ2) is 11.1. The number of urea groups is 1. The number of nitrogens with zero attached hydrogens (tertiary/aromatic N) is 1. The maximum atomic E-state index is 13.4. The molecule has 6 heteroatoms. The number of amides is 2. The van der Waals surface area contributed by atoms with Crippen LogP contribution in [0, 0.1) is 0 Å². The standard InChI is InChI=1S/C28H35N3O3/c1-6-7-9-20-16-17-31(21-12-14-22(32)15-13-21)27(33)25(20)29-28(34)30-26-23(18(2)3)10-8-11-24(26)19(4)5/h8,10-19,32H,6-7,9H2,1-5H3,(H2,29,30,34). The number of anilines is 2. The van der Waals surface area contributed by atoms with Crippen LogP contribution in [0.1, 0.15) is 76.0 Å². The number of phenolic OH excluding ortho intramolecular Hbond substituents is 1. The van der Waals surface area contributed by atoms with Crippen molar-refractivity contribution < 1.29 is 9.90 Å². The molecule has 0 unspecified atom stereocenters. The Morgan fingerprint density at radius 3 is 2.06 bits per heavy atom. The van der Waals surface area contributed by atoms with Gasteiger partial charge in [0.15, 0.2) is 0 Å². The first-order valence-corrected chi connectivity index (χ1v) is 12.0. The topological polar surface area (TPSA) is 83.4 Å². The summed E-state index contributed by atoms with van der Waals surface area (Å²) in [6.45, 7) is 10.5. The number of carbonyl (C=O) groups excluding carboxylic acids is 1. The molecule has 2 amide bonds. The van der Waals surface area contributed by atoms with E-state index in [4.69, 9.17) is 0 Å². The van der Waals surface area contributed by atoms with Gasteiger partial charge in [0.2, 0.25) is 0 Å². The average molecular weight is 462 g/mol. The van der Waals surface area contributed by atoms with Crippen molar-refractivity contribution in [1.82, 2.24) is 4.57 Å². The van der Waals surface area contributed by atoms with Crippen molar-refractivity contribution in [2.24, 2.45) is 0 Å². The van der Waals surface area contributed by atoms with Gasteiger partial charge in [0.05, 0.1) is 0 Å². The van der Waals surface area contributed by atoms with Gasteiger partial charge in [0, 0.05) is 17.6 Å². The Hall–Kier alpha value is -3.54. The fraction of sp³-hybridized carbons (Fsp3) is 0.357. The molecular weight excluding hydrogens is 426 g/mol. The molecule has 1 aromatic heterocycles. The molecule has 180 valence electrons. The lowest BCUT2D eigenvalue weighted by atomic mass is 9.93. The summed E-state index contributed by atoms with van der Waals surface area (Å²) in [6, 6.07) is 13.9. The van der Waals surface area contributed by atoms with Crippen LogP contribution in [0.5, 0.6) is 5.75 Å². The highest BCUT2D eigenvalue weighted by Gasteiger charge is 2.18. The van der Waals surface area contributed by atoms with E-state index in [1.165, 1.54) is 16.7 Å². The molecule has 0 radical (unpaired) electrons. The van der Waals surface area contributed by atoms with Crippen molar-refractivity contribution in [2.75, 3.05) is 10.6 Å². The molecule has 0 fully saturated rings. The van der Waals surface area contributed by atoms with Crippen LogP contribution in [0.4, 0.5) is 16.2 Å². The van der Waals surface area contributed by atoms with E-state index in [1.807, 2.05) is 24.3 Å². The van der Waals surface area contributed by atoms with Gasteiger partial charge in [-0.05, 0) is 71.7 Å². The molecule has 0 saturated heterocycles.